The first kappa shape index (κ1) is 23.5. The Morgan fingerprint density at radius 1 is 1.06 bits per heavy atom. The van der Waals surface area contributed by atoms with E-state index < -0.39 is 17.4 Å². The van der Waals surface area contributed by atoms with Gasteiger partial charge in [-0.25, -0.2) is 4.79 Å². The molecule has 1 aromatic heterocycles. The molecular formula is C25H25BrN2O4. The van der Waals surface area contributed by atoms with Gasteiger partial charge in [-0.15, -0.1) is 0 Å². The number of ether oxygens (including phenoxy) is 1. The quantitative estimate of drug-likeness (QED) is 0.487. The van der Waals surface area contributed by atoms with Crippen LogP contribution in [-0.2, 0) is 16.0 Å². The third-order valence-electron chi connectivity index (χ3n) is 4.89. The first-order chi connectivity index (χ1) is 15.1. The predicted molar refractivity (Wildman–Crippen MR) is 127 cm³/mol. The van der Waals surface area contributed by atoms with Crippen molar-refractivity contribution in [2.45, 2.75) is 38.7 Å². The maximum Gasteiger partial charge on any atom is 0.339 e. The van der Waals surface area contributed by atoms with Crippen LogP contribution in [0.15, 0.2) is 70.1 Å². The van der Waals surface area contributed by atoms with Crippen molar-refractivity contribution >= 4 is 27.8 Å². The molecule has 1 atom stereocenters. The lowest BCUT2D eigenvalue weighted by molar-refractivity contribution is -0.119. The summed E-state index contributed by atoms with van der Waals surface area (Å²) in [5, 5.41) is 0. The highest BCUT2D eigenvalue weighted by Gasteiger charge is 2.24. The number of nitrogens with two attached hydrogens (primary N) is 1. The molecule has 166 valence electrons. The lowest BCUT2D eigenvalue weighted by atomic mass is 9.91. The molecule has 3 aromatic rings. The van der Waals surface area contributed by atoms with Crippen LogP contribution in [0.2, 0.25) is 0 Å². The molecule has 7 heteroatoms. The molecule has 0 fully saturated rings. The van der Waals surface area contributed by atoms with Crippen molar-refractivity contribution in [2.24, 2.45) is 5.73 Å². The van der Waals surface area contributed by atoms with E-state index in [2.05, 4.69) is 20.9 Å². The molecule has 0 radical (unpaired) electrons. The van der Waals surface area contributed by atoms with Crippen LogP contribution >= 0.6 is 15.9 Å². The molecule has 0 bridgehead atoms. The Hall–Kier alpha value is -3.19. The molecule has 3 N–H and O–H groups in total. The van der Waals surface area contributed by atoms with E-state index in [1.54, 1.807) is 18.2 Å². The number of benzene rings is 2. The van der Waals surface area contributed by atoms with Crippen LogP contribution in [-0.4, -0.2) is 22.5 Å². The number of carbonyl (C=O) groups is 2. The van der Waals surface area contributed by atoms with Gasteiger partial charge in [0.05, 0.1) is 11.5 Å². The summed E-state index contributed by atoms with van der Waals surface area (Å²) in [4.78, 5) is 39.6. The van der Waals surface area contributed by atoms with Crippen LogP contribution in [0.1, 0.15) is 48.2 Å². The van der Waals surface area contributed by atoms with E-state index in [-0.39, 0.29) is 17.9 Å². The zero-order valence-corrected chi connectivity index (χ0v) is 19.7. The van der Waals surface area contributed by atoms with E-state index in [1.165, 1.54) is 6.20 Å². The molecule has 2 aromatic carbocycles. The molecule has 1 heterocycles. The van der Waals surface area contributed by atoms with Gasteiger partial charge < -0.3 is 15.5 Å². The van der Waals surface area contributed by atoms with Gasteiger partial charge in [0.25, 0.3) is 5.56 Å². The second kappa shape index (κ2) is 9.53. The van der Waals surface area contributed by atoms with Crippen molar-refractivity contribution in [1.29, 1.82) is 0 Å². The highest BCUT2D eigenvalue weighted by atomic mass is 79.9. The number of H-pyrrole nitrogens is 1. The van der Waals surface area contributed by atoms with Crippen molar-refractivity contribution in [1.82, 2.24) is 4.98 Å². The minimum atomic E-state index is -0.783. The van der Waals surface area contributed by atoms with Gasteiger partial charge in [-0.2, -0.15) is 0 Å². The number of esters is 1. The number of rotatable bonds is 6. The average Bonchev–Trinajstić information content (AvgIpc) is 2.72. The van der Waals surface area contributed by atoms with Gasteiger partial charge in [-0.05, 0) is 56.0 Å². The fourth-order valence-corrected chi connectivity index (χ4v) is 4.03. The highest BCUT2D eigenvalue weighted by Crippen LogP contribution is 2.28. The van der Waals surface area contributed by atoms with Crippen LogP contribution in [0.5, 0.6) is 0 Å². The van der Waals surface area contributed by atoms with E-state index >= 15 is 0 Å². The number of hydrogen-bond donors (Lipinski definition) is 2. The molecule has 6 nitrogen and oxygen atoms in total. The fraction of sp³-hybridized carbons (Fsp3) is 0.240. The Bertz CT molecular complexity index is 1190. The Kier molecular flexibility index (Phi) is 6.99. The number of carbonyl (C=O) groups excluding carboxylic acids is 2. The van der Waals surface area contributed by atoms with Crippen molar-refractivity contribution in [2.75, 3.05) is 0 Å². The van der Waals surface area contributed by atoms with Crippen molar-refractivity contribution < 1.29 is 14.3 Å². The van der Waals surface area contributed by atoms with E-state index in [4.69, 9.17) is 10.5 Å². The molecule has 0 aliphatic rings. The molecule has 0 aliphatic carbocycles. The van der Waals surface area contributed by atoms with Gasteiger partial charge in [-0.3, -0.25) is 9.59 Å². The molecule has 0 aliphatic heterocycles. The molecule has 1 unspecified atom stereocenters. The normalized spacial score (nSPS) is 12.2. The summed E-state index contributed by atoms with van der Waals surface area (Å²) in [6.07, 6.45) is 1.78. The molecule has 1 amide bonds. The molecule has 0 spiro atoms. The van der Waals surface area contributed by atoms with Gasteiger partial charge in [0, 0.05) is 16.2 Å². The maximum atomic E-state index is 12.7. The van der Waals surface area contributed by atoms with E-state index in [0.717, 1.165) is 16.7 Å². The van der Waals surface area contributed by atoms with Crippen LogP contribution in [0.4, 0.5) is 0 Å². The van der Waals surface area contributed by atoms with Gasteiger partial charge in [0.2, 0.25) is 5.91 Å². The SMILES string of the molecule is CC(C)(C)OC(=O)c1ccccc1-c1ccc(CC(C(N)=O)c2c(Br)cc[nH]c2=O)cc1. The number of aromatic amines is 1. The number of hydrogen-bond acceptors (Lipinski definition) is 4. The molecule has 0 saturated carbocycles. The molecule has 32 heavy (non-hydrogen) atoms. The number of primary amides is 1. The van der Waals surface area contributed by atoms with E-state index in [0.29, 0.717) is 15.6 Å². The topological polar surface area (TPSA) is 102 Å². The van der Waals surface area contributed by atoms with Gasteiger partial charge in [-0.1, -0.05) is 58.4 Å². The summed E-state index contributed by atoms with van der Waals surface area (Å²) in [6, 6.07) is 16.4. The van der Waals surface area contributed by atoms with Gasteiger partial charge in [0.1, 0.15) is 5.60 Å². The Morgan fingerprint density at radius 2 is 1.72 bits per heavy atom. The molecular weight excluding hydrogens is 472 g/mol. The number of amides is 1. The van der Waals surface area contributed by atoms with Crippen LogP contribution in [0.25, 0.3) is 11.1 Å². The van der Waals surface area contributed by atoms with Crippen molar-refractivity contribution in [3.05, 3.63) is 92.3 Å². The summed E-state index contributed by atoms with van der Waals surface area (Å²) in [7, 11) is 0. The summed E-state index contributed by atoms with van der Waals surface area (Å²) >= 11 is 3.34. The number of nitrogens with one attached hydrogen (secondary N) is 1. The first-order valence-electron chi connectivity index (χ1n) is 10.1. The first-order valence-corrected chi connectivity index (χ1v) is 10.9. The fourth-order valence-electron chi connectivity index (χ4n) is 3.44. The largest absolute Gasteiger partial charge is 0.456 e. The van der Waals surface area contributed by atoms with Crippen LogP contribution in [0.3, 0.4) is 0 Å². The smallest absolute Gasteiger partial charge is 0.339 e. The zero-order valence-electron chi connectivity index (χ0n) is 18.1. The highest BCUT2D eigenvalue weighted by molar-refractivity contribution is 9.10. The lowest BCUT2D eigenvalue weighted by Gasteiger charge is -2.20. The van der Waals surface area contributed by atoms with Crippen molar-refractivity contribution in [3.8, 4) is 11.1 Å². The van der Waals surface area contributed by atoms with Gasteiger partial charge >= 0.3 is 5.97 Å². The van der Waals surface area contributed by atoms with Gasteiger partial charge in [0.15, 0.2) is 0 Å². The molecule has 3 rings (SSSR count). The van der Waals surface area contributed by atoms with Crippen LogP contribution < -0.4 is 11.3 Å². The zero-order chi connectivity index (χ0) is 23.5. The number of aromatic nitrogens is 1. The monoisotopic (exact) mass is 496 g/mol. The van der Waals surface area contributed by atoms with Crippen molar-refractivity contribution in [3.63, 3.8) is 0 Å². The second-order valence-corrected chi connectivity index (χ2v) is 9.33. The molecule has 0 saturated heterocycles. The van der Waals surface area contributed by atoms with E-state index in [1.807, 2.05) is 57.2 Å². The minimum Gasteiger partial charge on any atom is -0.456 e. The average molecular weight is 497 g/mol. The standard InChI is InChI=1S/C25H25BrN2O4/c1-25(2,3)32-24(31)18-7-5-4-6-17(18)16-10-8-15(9-11-16)14-19(22(27)29)21-20(26)12-13-28-23(21)30/h4-13,19H,14H2,1-3H3,(H2,27,29)(H,28,30). The Labute approximate surface area is 194 Å². The predicted octanol–water partition coefficient (Wildman–Crippen LogP) is 4.57. The third-order valence-corrected chi connectivity index (χ3v) is 5.58. The summed E-state index contributed by atoms with van der Waals surface area (Å²) in [5.41, 5.74) is 7.87. The summed E-state index contributed by atoms with van der Waals surface area (Å²) < 4.78 is 6.07. The third kappa shape index (κ3) is 5.53. The van der Waals surface area contributed by atoms with E-state index in [9.17, 15) is 14.4 Å². The maximum absolute atomic E-state index is 12.7. The number of pyridine rings is 1. The van der Waals surface area contributed by atoms with Crippen LogP contribution in [0, 0.1) is 0 Å². The minimum absolute atomic E-state index is 0.273. The second-order valence-electron chi connectivity index (χ2n) is 8.47. The summed E-state index contributed by atoms with van der Waals surface area (Å²) in [5.74, 6) is -1.75. The Morgan fingerprint density at radius 3 is 2.31 bits per heavy atom. The summed E-state index contributed by atoms with van der Waals surface area (Å²) in [6.45, 7) is 5.48. The number of halogens is 1. The Balaban J connectivity index is 1.90. The lowest BCUT2D eigenvalue weighted by Crippen LogP contribution is -2.29.